The van der Waals surface area contributed by atoms with Crippen molar-refractivity contribution < 1.29 is 10.2 Å². The van der Waals surface area contributed by atoms with Crippen LogP contribution in [0.4, 0.5) is 0 Å². The number of aliphatic hydroxyl groups is 2. The van der Waals surface area contributed by atoms with E-state index >= 15 is 0 Å². The fraction of sp³-hybridized carbons (Fsp3) is 1.00. The highest BCUT2D eigenvalue weighted by Gasteiger charge is 2.67. The Labute approximate surface area is 104 Å². The Kier molecular flexibility index (Phi) is 2.17. The molecule has 3 fully saturated rings. The van der Waals surface area contributed by atoms with Crippen LogP contribution in [0.5, 0.6) is 0 Å². The molecule has 2 N–H and O–H groups in total. The molecule has 0 aromatic heterocycles. The summed E-state index contributed by atoms with van der Waals surface area (Å²) in [7, 11) is 0. The maximum absolute atomic E-state index is 10.6. The minimum Gasteiger partial charge on any atom is -0.392 e. The van der Waals surface area contributed by atoms with E-state index in [1.165, 1.54) is 0 Å². The summed E-state index contributed by atoms with van der Waals surface area (Å²) in [6, 6.07) is 0. The van der Waals surface area contributed by atoms with E-state index in [1.807, 2.05) is 6.92 Å². The van der Waals surface area contributed by atoms with Crippen molar-refractivity contribution in [2.45, 2.75) is 65.1 Å². The first-order chi connectivity index (χ1) is 7.68. The quantitative estimate of drug-likeness (QED) is 0.681. The zero-order chi connectivity index (χ0) is 12.6. The molecule has 17 heavy (non-hydrogen) atoms. The first-order valence-corrected chi connectivity index (χ1v) is 7.09. The van der Waals surface area contributed by atoms with Crippen molar-refractivity contribution >= 4 is 0 Å². The van der Waals surface area contributed by atoms with Crippen LogP contribution in [-0.4, -0.2) is 21.9 Å². The molecular weight excluding hydrogens is 212 g/mol. The molecule has 0 unspecified atom stereocenters. The summed E-state index contributed by atoms with van der Waals surface area (Å²) < 4.78 is 0. The standard InChI is InChI=1S/C15H26O2/c1-13(2)7-10-9(5-6-15(10,4)17)14(3)8-11(14)12(13)16/h9-12,16-17H,5-8H2,1-4H3/t9-,10+,11-,12-,14+,15+/m1/s1. The highest BCUT2D eigenvalue weighted by atomic mass is 16.3. The second kappa shape index (κ2) is 3.08. The van der Waals surface area contributed by atoms with Crippen molar-refractivity contribution in [2.24, 2.45) is 28.6 Å². The number of hydrogen-bond donors (Lipinski definition) is 2. The molecule has 3 aliphatic rings. The molecule has 0 heterocycles. The molecule has 0 aliphatic heterocycles. The van der Waals surface area contributed by atoms with Crippen molar-refractivity contribution in [3.8, 4) is 0 Å². The van der Waals surface area contributed by atoms with Crippen LogP contribution < -0.4 is 0 Å². The molecule has 0 aromatic rings. The summed E-state index contributed by atoms with van der Waals surface area (Å²) in [5.41, 5.74) is -0.253. The van der Waals surface area contributed by atoms with Gasteiger partial charge in [0.1, 0.15) is 0 Å². The van der Waals surface area contributed by atoms with Gasteiger partial charge in [0, 0.05) is 0 Å². The van der Waals surface area contributed by atoms with Crippen LogP contribution in [0, 0.1) is 28.6 Å². The van der Waals surface area contributed by atoms with E-state index in [4.69, 9.17) is 0 Å². The molecule has 0 radical (unpaired) electrons. The number of rotatable bonds is 0. The van der Waals surface area contributed by atoms with E-state index in [-0.39, 0.29) is 11.5 Å². The van der Waals surface area contributed by atoms with Gasteiger partial charge in [0.15, 0.2) is 0 Å². The zero-order valence-corrected chi connectivity index (χ0v) is 11.5. The maximum atomic E-state index is 10.6. The second-order valence-electron chi connectivity index (χ2n) is 8.06. The van der Waals surface area contributed by atoms with E-state index in [9.17, 15) is 10.2 Å². The van der Waals surface area contributed by atoms with Gasteiger partial charge in [-0.05, 0) is 61.2 Å². The molecule has 3 aliphatic carbocycles. The van der Waals surface area contributed by atoms with Crippen LogP contribution >= 0.6 is 0 Å². The van der Waals surface area contributed by atoms with Crippen molar-refractivity contribution in [3.63, 3.8) is 0 Å². The monoisotopic (exact) mass is 238 g/mol. The minimum atomic E-state index is -0.512. The highest BCUT2D eigenvalue weighted by Crippen LogP contribution is 2.70. The van der Waals surface area contributed by atoms with E-state index in [2.05, 4.69) is 20.8 Å². The molecule has 0 bridgehead atoms. The van der Waals surface area contributed by atoms with Gasteiger partial charge in [-0.15, -0.1) is 0 Å². The first-order valence-electron chi connectivity index (χ1n) is 7.09. The Balaban J connectivity index is 2.00. The average molecular weight is 238 g/mol. The average Bonchev–Trinajstić information content (AvgIpc) is 2.79. The molecule has 2 nitrogen and oxygen atoms in total. The van der Waals surface area contributed by atoms with Crippen LogP contribution in [0.2, 0.25) is 0 Å². The summed E-state index contributed by atoms with van der Waals surface area (Å²) in [4.78, 5) is 0. The van der Waals surface area contributed by atoms with Crippen molar-refractivity contribution in [1.29, 1.82) is 0 Å². The largest absolute Gasteiger partial charge is 0.392 e. The van der Waals surface area contributed by atoms with E-state index in [0.29, 0.717) is 23.2 Å². The predicted molar refractivity (Wildman–Crippen MR) is 67.5 cm³/mol. The molecule has 3 saturated carbocycles. The lowest BCUT2D eigenvalue weighted by molar-refractivity contribution is -0.0314. The van der Waals surface area contributed by atoms with Gasteiger partial charge in [-0.1, -0.05) is 20.8 Å². The van der Waals surface area contributed by atoms with Gasteiger partial charge in [-0.25, -0.2) is 0 Å². The molecule has 0 aromatic carbocycles. The summed E-state index contributed by atoms with van der Waals surface area (Å²) in [5, 5.41) is 21.1. The molecule has 0 amide bonds. The van der Waals surface area contributed by atoms with Gasteiger partial charge in [0.05, 0.1) is 11.7 Å². The summed E-state index contributed by atoms with van der Waals surface area (Å²) in [6.07, 6.45) is 4.03. The van der Waals surface area contributed by atoms with Gasteiger partial charge >= 0.3 is 0 Å². The van der Waals surface area contributed by atoms with Gasteiger partial charge in [-0.3, -0.25) is 0 Å². The molecule has 0 spiro atoms. The van der Waals surface area contributed by atoms with E-state index in [1.54, 1.807) is 0 Å². The van der Waals surface area contributed by atoms with Crippen LogP contribution in [0.15, 0.2) is 0 Å². The normalized spacial score (nSPS) is 60.4. The van der Waals surface area contributed by atoms with Crippen LogP contribution in [0.3, 0.4) is 0 Å². The number of hydrogen-bond acceptors (Lipinski definition) is 2. The minimum absolute atomic E-state index is 0.0455. The summed E-state index contributed by atoms with van der Waals surface area (Å²) in [5.74, 6) is 1.48. The van der Waals surface area contributed by atoms with Gasteiger partial charge in [0.25, 0.3) is 0 Å². The SMILES string of the molecule is CC1(C)C[C@H]2[C@@H](CC[C@]2(C)O)[C@]2(C)C[C@@H]2[C@H]1O. The molecule has 98 valence electrons. The fourth-order valence-corrected chi connectivity index (χ4v) is 4.96. The van der Waals surface area contributed by atoms with E-state index < -0.39 is 5.60 Å². The smallest absolute Gasteiger partial charge is 0.0651 e. The van der Waals surface area contributed by atoms with Crippen LogP contribution in [0.1, 0.15) is 53.4 Å². The van der Waals surface area contributed by atoms with Crippen molar-refractivity contribution in [2.75, 3.05) is 0 Å². The topological polar surface area (TPSA) is 40.5 Å². The Morgan fingerprint density at radius 3 is 2.24 bits per heavy atom. The van der Waals surface area contributed by atoms with Crippen LogP contribution in [0.25, 0.3) is 0 Å². The molecule has 2 heteroatoms. The van der Waals surface area contributed by atoms with Crippen LogP contribution in [-0.2, 0) is 0 Å². The summed E-state index contributed by atoms with van der Waals surface area (Å²) in [6.45, 7) is 8.69. The Morgan fingerprint density at radius 2 is 1.59 bits per heavy atom. The number of aliphatic hydroxyl groups excluding tert-OH is 1. The zero-order valence-electron chi connectivity index (χ0n) is 11.5. The molecular formula is C15H26O2. The first kappa shape index (κ1) is 12.0. The highest BCUT2D eigenvalue weighted by molar-refractivity contribution is 5.16. The van der Waals surface area contributed by atoms with Crippen molar-refractivity contribution in [3.05, 3.63) is 0 Å². The molecule has 0 saturated heterocycles. The predicted octanol–water partition coefficient (Wildman–Crippen LogP) is 2.58. The lowest BCUT2D eigenvalue weighted by atomic mass is 9.72. The van der Waals surface area contributed by atoms with Gasteiger partial charge < -0.3 is 10.2 Å². The third-order valence-electron chi connectivity index (χ3n) is 6.37. The van der Waals surface area contributed by atoms with Gasteiger partial charge in [-0.2, -0.15) is 0 Å². The Bertz CT molecular complexity index is 347. The molecule has 6 atom stereocenters. The second-order valence-corrected chi connectivity index (χ2v) is 8.06. The Morgan fingerprint density at radius 1 is 0.941 bits per heavy atom. The maximum Gasteiger partial charge on any atom is 0.0651 e. The third kappa shape index (κ3) is 1.46. The Hall–Kier alpha value is -0.0800. The third-order valence-corrected chi connectivity index (χ3v) is 6.37. The lowest BCUT2D eigenvalue weighted by Crippen LogP contribution is -2.38. The lowest BCUT2D eigenvalue weighted by Gasteiger charge is -2.37. The van der Waals surface area contributed by atoms with Crippen molar-refractivity contribution in [1.82, 2.24) is 0 Å². The molecule has 3 rings (SSSR count). The number of fused-ring (bicyclic) bond motifs is 3. The van der Waals surface area contributed by atoms with Gasteiger partial charge in [0.2, 0.25) is 0 Å². The fourth-order valence-electron chi connectivity index (χ4n) is 4.96. The van der Waals surface area contributed by atoms with E-state index in [0.717, 1.165) is 25.7 Å². The summed E-state index contributed by atoms with van der Waals surface area (Å²) >= 11 is 0.